The number of carbonyl (C=O) groups is 1. The summed E-state index contributed by atoms with van der Waals surface area (Å²) in [7, 11) is -1.79. The molecule has 6 nitrogen and oxygen atoms in total. The quantitative estimate of drug-likeness (QED) is 0.347. The van der Waals surface area contributed by atoms with E-state index < -0.39 is 14.0 Å². The largest absolute Gasteiger partial charge is 1.00 e. The summed E-state index contributed by atoms with van der Waals surface area (Å²) in [6, 6.07) is 19.7. The van der Waals surface area contributed by atoms with E-state index in [0.717, 1.165) is 61.2 Å². The van der Waals surface area contributed by atoms with Gasteiger partial charge >= 0.3 is 29.6 Å². The van der Waals surface area contributed by atoms with E-state index in [-0.39, 0.29) is 35.1 Å². The summed E-state index contributed by atoms with van der Waals surface area (Å²) in [5.74, 6) is -1.17. The van der Waals surface area contributed by atoms with Gasteiger partial charge in [-0.2, -0.15) is 0 Å². The minimum Gasteiger partial charge on any atom is -0.545 e. The van der Waals surface area contributed by atoms with Crippen LogP contribution in [0.25, 0.3) is 57.5 Å². The average Bonchev–Trinajstić information content (AvgIpc) is 3.63. The maximum atomic E-state index is 11.9. The molecule has 0 radical (unpaired) electrons. The summed E-state index contributed by atoms with van der Waals surface area (Å²) >= 11 is 0. The van der Waals surface area contributed by atoms with Crippen LogP contribution in [0, 0.1) is 0 Å². The monoisotopic (exact) mass is 524 g/mol. The molecule has 8 heteroatoms. The molecule has 2 aliphatic rings. The van der Waals surface area contributed by atoms with Crippen molar-refractivity contribution in [2.45, 2.75) is 19.6 Å². The Morgan fingerprint density at radius 1 is 0.711 bits per heavy atom. The van der Waals surface area contributed by atoms with Gasteiger partial charge in [-0.15, -0.1) is 0 Å². The first-order valence-corrected chi connectivity index (χ1v) is 15.7. The van der Waals surface area contributed by atoms with Crippen LogP contribution in [0.15, 0.2) is 60.7 Å². The molecule has 0 amide bonds. The molecular formula is C30H25N4NaO2Si. The Hall–Kier alpha value is -3.49. The van der Waals surface area contributed by atoms with Crippen LogP contribution in [0.3, 0.4) is 0 Å². The summed E-state index contributed by atoms with van der Waals surface area (Å²) in [4.78, 5) is 28.3. The molecule has 3 aromatic heterocycles. The number of aromatic carboxylic acids is 1. The van der Waals surface area contributed by atoms with Gasteiger partial charge in [-0.1, -0.05) is 37.0 Å². The van der Waals surface area contributed by atoms with E-state index in [1.165, 1.54) is 0 Å². The molecule has 0 aliphatic carbocycles. The van der Waals surface area contributed by atoms with Gasteiger partial charge in [0.1, 0.15) is 0 Å². The number of hydrogen-bond donors (Lipinski definition) is 2. The first-order valence-electron chi connectivity index (χ1n) is 12.2. The molecule has 182 valence electrons. The van der Waals surface area contributed by atoms with Crippen LogP contribution in [-0.4, -0.2) is 34.0 Å². The smallest absolute Gasteiger partial charge is 0.545 e. The average molecular weight is 525 g/mol. The van der Waals surface area contributed by atoms with Crippen LogP contribution < -0.4 is 39.9 Å². The minimum atomic E-state index is -1.79. The van der Waals surface area contributed by atoms with Crippen LogP contribution in [0.5, 0.6) is 0 Å². The number of aromatic nitrogens is 4. The first-order chi connectivity index (χ1) is 17.7. The van der Waals surface area contributed by atoms with Gasteiger partial charge in [0.2, 0.25) is 0 Å². The van der Waals surface area contributed by atoms with E-state index in [1.54, 1.807) is 12.1 Å². The molecular weight excluding hydrogens is 499 g/mol. The van der Waals surface area contributed by atoms with Gasteiger partial charge in [0.05, 0.1) is 36.8 Å². The Labute approximate surface area is 243 Å². The van der Waals surface area contributed by atoms with Crippen molar-refractivity contribution in [3.8, 4) is 11.1 Å². The van der Waals surface area contributed by atoms with Gasteiger partial charge in [0.15, 0.2) is 0 Å². The predicted octanol–water partition coefficient (Wildman–Crippen LogP) is 2.24. The number of carboxylic acid groups (broad SMARTS) is 1. The third-order valence-corrected chi connectivity index (χ3v) is 8.54. The second-order valence-electron chi connectivity index (χ2n) is 10.4. The van der Waals surface area contributed by atoms with Gasteiger partial charge in [0.25, 0.3) is 0 Å². The number of nitrogens with zero attached hydrogens (tertiary/aromatic N) is 2. The molecule has 4 aromatic rings. The van der Waals surface area contributed by atoms with E-state index in [1.807, 2.05) is 60.7 Å². The van der Waals surface area contributed by atoms with Crippen LogP contribution in [-0.2, 0) is 0 Å². The zero-order valence-electron chi connectivity index (χ0n) is 21.8. The molecule has 1 aromatic carbocycles. The van der Waals surface area contributed by atoms with Crippen molar-refractivity contribution in [3.05, 3.63) is 89.0 Å². The summed E-state index contributed by atoms with van der Waals surface area (Å²) in [6.07, 6.45) is 7.90. The van der Waals surface area contributed by atoms with Crippen molar-refractivity contribution in [3.63, 3.8) is 0 Å². The molecule has 2 aliphatic heterocycles. The first kappa shape index (κ1) is 26.1. The third kappa shape index (κ3) is 5.37. The fraction of sp³-hybridized carbons (Fsp3) is 0.100. The maximum Gasteiger partial charge on any atom is 1.00 e. The molecule has 8 bridgehead atoms. The number of fused-ring (bicyclic) bond motifs is 8. The predicted molar refractivity (Wildman–Crippen MR) is 152 cm³/mol. The normalized spacial score (nSPS) is 12.4. The van der Waals surface area contributed by atoms with Crippen LogP contribution in [0.1, 0.15) is 33.1 Å². The molecule has 0 atom stereocenters. The molecule has 0 spiro atoms. The molecule has 0 fully saturated rings. The fourth-order valence-corrected chi connectivity index (χ4v) is 5.77. The molecule has 5 heterocycles. The van der Waals surface area contributed by atoms with Gasteiger partial charge in [-0.05, 0) is 84.0 Å². The Morgan fingerprint density at radius 3 is 1.95 bits per heavy atom. The molecule has 2 N–H and O–H groups in total. The van der Waals surface area contributed by atoms with Crippen molar-refractivity contribution >= 4 is 65.6 Å². The topological polar surface area (TPSA) is 97.5 Å². The second kappa shape index (κ2) is 10.00. The number of H-pyrrole nitrogens is 2. The Morgan fingerprint density at radius 2 is 1.32 bits per heavy atom. The Bertz CT molecular complexity index is 1810. The van der Waals surface area contributed by atoms with Crippen molar-refractivity contribution in [2.75, 3.05) is 0 Å². The summed E-state index contributed by atoms with van der Waals surface area (Å²) < 4.78 is 0. The maximum absolute atomic E-state index is 11.9. The number of aromatic amines is 2. The molecule has 38 heavy (non-hydrogen) atoms. The van der Waals surface area contributed by atoms with E-state index in [4.69, 9.17) is 4.98 Å². The Balaban J connectivity index is 0.00000294. The number of carbonyl (C=O) groups excluding carboxylic acids is 1. The zero-order chi connectivity index (χ0) is 25.7. The van der Waals surface area contributed by atoms with Crippen molar-refractivity contribution in [1.29, 1.82) is 0 Å². The van der Waals surface area contributed by atoms with Gasteiger partial charge in [-0.3, -0.25) is 0 Å². The SMILES string of the molecule is C[Si](C)(C)c1cc(C(=O)[O-])cc(-c2cc3cc4ccc(cc5nc(cc6nc(cc2[nH]3)C=C6)C=C5)[nH]4)c1.[Na+]. The van der Waals surface area contributed by atoms with Crippen molar-refractivity contribution in [1.82, 2.24) is 19.9 Å². The van der Waals surface area contributed by atoms with Crippen LogP contribution >= 0.6 is 0 Å². The fourth-order valence-electron chi connectivity index (χ4n) is 4.59. The van der Waals surface area contributed by atoms with Gasteiger partial charge in [0, 0.05) is 27.6 Å². The summed E-state index contributed by atoms with van der Waals surface area (Å²) in [5, 5.41) is 13.0. The Kier molecular flexibility index (Phi) is 6.87. The number of nitrogens with one attached hydrogen (secondary N) is 2. The van der Waals surface area contributed by atoms with E-state index in [2.05, 4.69) is 46.7 Å². The van der Waals surface area contributed by atoms with Crippen LogP contribution in [0.2, 0.25) is 19.6 Å². The number of carboxylic acids is 1. The van der Waals surface area contributed by atoms with E-state index in [0.29, 0.717) is 0 Å². The van der Waals surface area contributed by atoms with Crippen molar-refractivity contribution < 1.29 is 39.5 Å². The number of rotatable bonds is 3. The summed E-state index contributed by atoms with van der Waals surface area (Å²) in [6.45, 7) is 6.62. The van der Waals surface area contributed by atoms with Crippen LogP contribution in [0.4, 0.5) is 0 Å². The zero-order valence-corrected chi connectivity index (χ0v) is 24.8. The molecule has 0 saturated heterocycles. The molecule has 6 rings (SSSR count). The third-order valence-electron chi connectivity index (χ3n) is 6.51. The molecule has 0 unspecified atom stereocenters. The molecule has 0 saturated carbocycles. The minimum absolute atomic E-state index is 0. The van der Waals surface area contributed by atoms with Crippen molar-refractivity contribution in [2.24, 2.45) is 0 Å². The second-order valence-corrected chi connectivity index (χ2v) is 15.5. The van der Waals surface area contributed by atoms with Gasteiger partial charge < -0.3 is 19.9 Å². The summed E-state index contributed by atoms with van der Waals surface area (Å²) in [5.41, 5.74) is 8.93. The van der Waals surface area contributed by atoms with E-state index >= 15 is 0 Å². The standard InChI is InChI=1S/C30H26N4O2Si.Na/c1-37(2,3)27-11-18(10-19(12-27)30(35)36)28-16-26-15-24-7-6-22(32-24)13-20-4-5-21(31-20)14-23-8-9-25(33-23)17-29(28)34-26;/h4-17,32,34H,1-3H3,(H,35,36);/q;+1/p-1. The number of hydrogen-bond acceptors (Lipinski definition) is 4. The number of benzene rings is 1. The van der Waals surface area contributed by atoms with E-state index in [9.17, 15) is 9.90 Å². The van der Waals surface area contributed by atoms with Gasteiger partial charge in [-0.25, -0.2) is 9.97 Å².